The molecule has 8 heteroatoms. The van der Waals surface area contributed by atoms with Crippen LogP contribution in [0.5, 0.6) is 5.75 Å². The first-order valence-corrected chi connectivity index (χ1v) is 10.9. The van der Waals surface area contributed by atoms with Crippen molar-refractivity contribution in [3.63, 3.8) is 0 Å². The number of sulfone groups is 1. The topological polar surface area (TPSA) is 98.1 Å². The first kappa shape index (κ1) is 20.5. The molecule has 1 aromatic heterocycles. The quantitative estimate of drug-likeness (QED) is 0.370. The molecule has 0 fully saturated rings. The van der Waals surface area contributed by atoms with Crippen molar-refractivity contribution in [3.05, 3.63) is 79.1 Å². The Morgan fingerprint density at radius 1 is 1.00 bits per heavy atom. The van der Waals surface area contributed by atoms with E-state index in [-0.39, 0.29) is 15.8 Å². The summed E-state index contributed by atoms with van der Waals surface area (Å²) in [4.78, 5) is 5.94. The van der Waals surface area contributed by atoms with Crippen LogP contribution in [0.3, 0.4) is 0 Å². The summed E-state index contributed by atoms with van der Waals surface area (Å²) in [7, 11) is -0.709. The lowest BCUT2D eigenvalue weighted by Gasteiger charge is -2.24. The van der Waals surface area contributed by atoms with Crippen LogP contribution in [0.25, 0.3) is 10.8 Å². The highest BCUT2D eigenvalue weighted by molar-refractivity contribution is 7.91. The number of rotatable bonds is 5. The van der Waals surface area contributed by atoms with Gasteiger partial charge in [0.15, 0.2) is 0 Å². The molecule has 31 heavy (non-hydrogen) atoms. The van der Waals surface area contributed by atoms with Gasteiger partial charge in [0.1, 0.15) is 12.0 Å². The van der Waals surface area contributed by atoms with Crippen molar-refractivity contribution in [2.75, 3.05) is 19.1 Å². The van der Waals surface area contributed by atoms with Crippen molar-refractivity contribution >= 4 is 38.1 Å². The number of hydrogen-bond acceptors (Lipinski definition) is 5. The van der Waals surface area contributed by atoms with Gasteiger partial charge in [-0.3, -0.25) is 4.99 Å². The number of methoxy groups -OCH3 is 1. The standard InChI is InChI=1S/C23H21N3O4S/c1-25-23(24)26(22-19-11-7-6-8-16(19)15-30-22)20-14-18(12-13-21(20)29-2)31(27,28)17-9-4-3-5-10-17/h3-15H,1-2H3,(H2,24,25). The van der Waals surface area contributed by atoms with Gasteiger partial charge in [0.2, 0.25) is 21.7 Å². The number of anilines is 2. The van der Waals surface area contributed by atoms with Gasteiger partial charge in [0.05, 0.1) is 22.6 Å². The first-order chi connectivity index (χ1) is 15.0. The Kier molecular flexibility index (Phi) is 5.39. The highest BCUT2D eigenvalue weighted by Crippen LogP contribution is 2.40. The van der Waals surface area contributed by atoms with Crippen LogP contribution >= 0.6 is 0 Å². The number of guanidine groups is 1. The van der Waals surface area contributed by atoms with Crippen molar-refractivity contribution < 1.29 is 17.6 Å². The molecule has 0 aliphatic rings. The molecule has 0 amide bonds. The van der Waals surface area contributed by atoms with E-state index < -0.39 is 9.84 Å². The molecule has 0 aliphatic heterocycles. The molecule has 158 valence electrons. The van der Waals surface area contributed by atoms with Crippen LogP contribution in [-0.2, 0) is 9.84 Å². The second-order valence-electron chi connectivity index (χ2n) is 6.70. The minimum absolute atomic E-state index is 0.0965. The first-order valence-electron chi connectivity index (χ1n) is 9.44. The molecule has 1 heterocycles. The van der Waals surface area contributed by atoms with Crippen LogP contribution < -0.4 is 15.4 Å². The van der Waals surface area contributed by atoms with Crippen LogP contribution in [0, 0.1) is 0 Å². The number of nitrogens with zero attached hydrogens (tertiary/aromatic N) is 2. The fraction of sp³-hybridized carbons (Fsp3) is 0.0870. The molecule has 0 aliphatic carbocycles. The van der Waals surface area contributed by atoms with Gasteiger partial charge in [0, 0.05) is 17.8 Å². The van der Waals surface area contributed by atoms with E-state index in [0.29, 0.717) is 17.3 Å². The third-order valence-corrected chi connectivity index (χ3v) is 6.67. The Hall–Kier alpha value is -3.78. The van der Waals surface area contributed by atoms with E-state index >= 15 is 0 Å². The molecule has 2 N–H and O–H groups in total. The molecule has 0 radical (unpaired) electrons. The van der Waals surface area contributed by atoms with E-state index in [1.165, 1.54) is 19.2 Å². The van der Waals surface area contributed by atoms with Crippen LogP contribution in [0.4, 0.5) is 11.6 Å². The predicted octanol–water partition coefficient (Wildman–Crippen LogP) is 4.36. The number of hydrogen-bond donors (Lipinski definition) is 1. The van der Waals surface area contributed by atoms with Gasteiger partial charge in [0.25, 0.3) is 0 Å². The molecular formula is C23H21N3O4S. The van der Waals surface area contributed by atoms with E-state index in [9.17, 15) is 8.42 Å². The maximum atomic E-state index is 13.2. The zero-order valence-corrected chi connectivity index (χ0v) is 17.8. The summed E-state index contributed by atoms with van der Waals surface area (Å²) in [6.07, 6.45) is 1.61. The summed E-state index contributed by atoms with van der Waals surface area (Å²) in [5.74, 6) is 0.943. The molecule has 0 atom stereocenters. The molecule has 0 unspecified atom stereocenters. The van der Waals surface area contributed by atoms with E-state index in [0.717, 1.165) is 10.8 Å². The second kappa shape index (κ2) is 8.16. The summed E-state index contributed by atoms with van der Waals surface area (Å²) in [6.45, 7) is 0. The van der Waals surface area contributed by atoms with Gasteiger partial charge < -0.3 is 14.9 Å². The highest BCUT2D eigenvalue weighted by atomic mass is 32.2. The Balaban J connectivity index is 1.94. The molecule has 0 saturated carbocycles. The lowest BCUT2D eigenvalue weighted by molar-refractivity contribution is 0.415. The van der Waals surface area contributed by atoms with Gasteiger partial charge in [-0.1, -0.05) is 36.4 Å². The number of ether oxygens (including phenoxy) is 1. The van der Waals surface area contributed by atoms with Crippen LogP contribution in [0.15, 0.2) is 98.3 Å². The molecule has 0 spiro atoms. The number of furan rings is 1. The summed E-state index contributed by atoms with van der Waals surface area (Å²) >= 11 is 0. The van der Waals surface area contributed by atoms with Crippen LogP contribution in [0.1, 0.15) is 0 Å². The van der Waals surface area contributed by atoms with E-state index in [1.54, 1.807) is 54.6 Å². The molecule has 4 aromatic rings. The van der Waals surface area contributed by atoms with Crippen molar-refractivity contribution in [1.82, 2.24) is 0 Å². The van der Waals surface area contributed by atoms with Gasteiger partial charge in [-0.25, -0.2) is 13.3 Å². The zero-order valence-electron chi connectivity index (χ0n) is 17.0. The average Bonchev–Trinajstić information content (AvgIpc) is 3.23. The molecule has 4 rings (SSSR count). The van der Waals surface area contributed by atoms with E-state index in [2.05, 4.69) is 4.99 Å². The maximum Gasteiger partial charge on any atom is 0.214 e. The minimum atomic E-state index is -3.76. The fourth-order valence-corrected chi connectivity index (χ4v) is 4.64. The maximum absolute atomic E-state index is 13.2. The number of nitrogens with two attached hydrogens (primary N) is 1. The largest absolute Gasteiger partial charge is 0.495 e. The van der Waals surface area contributed by atoms with Crippen LogP contribution in [0.2, 0.25) is 0 Å². The van der Waals surface area contributed by atoms with Gasteiger partial charge in [-0.05, 0) is 36.4 Å². The Bertz CT molecular complexity index is 1360. The minimum Gasteiger partial charge on any atom is -0.495 e. The summed E-state index contributed by atoms with van der Waals surface area (Å²) < 4.78 is 37.7. The summed E-state index contributed by atoms with van der Waals surface area (Å²) in [5.41, 5.74) is 6.63. The molecule has 7 nitrogen and oxygen atoms in total. The average molecular weight is 436 g/mol. The predicted molar refractivity (Wildman–Crippen MR) is 121 cm³/mol. The molecule has 0 saturated heterocycles. The monoisotopic (exact) mass is 435 g/mol. The third kappa shape index (κ3) is 3.62. The van der Waals surface area contributed by atoms with Crippen molar-refractivity contribution in [2.45, 2.75) is 9.79 Å². The van der Waals surface area contributed by atoms with Crippen molar-refractivity contribution in [2.24, 2.45) is 10.7 Å². The molecule has 3 aromatic carbocycles. The SMILES string of the molecule is CN=C(N)N(c1cc(S(=O)(=O)c2ccccc2)ccc1OC)c1occ2ccccc12. The smallest absolute Gasteiger partial charge is 0.214 e. The summed E-state index contributed by atoms with van der Waals surface area (Å²) in [6, 6.07) is 20.4. The van der Waals surface area contributed by atoms with Gasteiger partial charge >= 0.3 is 0 Å². The zero-order chi connectivity index (χ0) is 22.0. The molecule has 0 bridgehead atoms. The van der Waals surface area contributed by atoms with Crippen LogP contribution in [-0.4, -0.2) is 28.5 Å². The Morgan fingerprint density at radius 3 is 2.42 bits per heavy atom. The lowest BCUT2D eigenvalue weighted by atomic mass is 10.2. The molecular weight excluding hydrogens is 414 g/mol. The number of aliphatic imine (C=N–C) groups is 1. The van der Waals surface area contributed by atoms with E-state index in [4.69, 9.17) is 14.9 Å². The fourth-order valence-electron chi connectivity index (χ4n) is 3.33. The Labute approximate surface area is 180 Å². The lowest BCUT2D eigenvalue weighted by Crippen LogP contribution is -2.33. The third-order valence-electron chi connectivity index (χ3n) is 4.91. The van der Waals surface area contributed by atoms with Crippen molar-refractivity contribution in [3.8, 4) is 5.75 Å². The Morgan fingerprint density at radius 2 is 1.71 bits per heavy atom. The number of fused-ring (bicyclic) bond motifs is 1. The van der Waals surface area contributed by atoms with E-state index in [1.807, 2.05) is 24.3 Å². The summed E-state index contributed by atoms with van der Waals surface area (Å²) in [5, 5.41) is 1.67. The van der Waals surface area contributed by atoms with Gasteiger partial charge in [-0.15, -0.1) is 0 Å². The van der Waals surface area contributed by atoms with Gasteiger partial charge in [-0.2, -0.15) is 0 Å². The normalized spacial score (nSPS) is 12.1. The number of benzene rings is 3. The second-order valence-corrected chi connectivity index (χ2v) is 8.65. The highest BCUT2D eigenvalue weighted by Gasteiger charge is 2.26. The van der Waals surface area contributed by atoms with Crippen molar-refractivity contribution in [1.29, 1.82) is 0 Å².